The molecule has 2 saturated heterocycles. The van der Waals surface area contributed by atoms with Crippen LogP contribution in [0.25, 0.3) is 0 Å². The van der Waals surface area contributed by atoms with Gasteiger partial charge in [0.15, 0.2) is 5.78 Å². The molecule has 2 fully saturated rings. The van der Waals surface area contributed by atoms with Crippen LogP contribution in [-0.4, -0.2) is 54.7 Å². The van der Waals surface area contributed by atoms with E-state index in [2.05, 4.69) is 21.9 Å². The Bertz CT molecular complexity index is 887. The van der Waals surface area contributed by atoms with Crippen LogP contribution in [0.2, 0.25) is 0 Å². The number of hydrogen-bond acceptors (Lipinski definition) is 5. The van der Waals surface area contributed by atoms with Crippen molar-refractivity contribution < 1.29 is 14.4 Å². The summed E-state index contributed by atoms with van der Waals surface area (Å²) in [7, 11) is 0. The summed E-state index contributed by atoms with van der Waals surface area (Å²) in [6.07, 6.45) is 0.207. The van der Waals surface area contributed by atoms with Crippen molar-refractivity contribution >= 4 is 29.0 Å². The third-order valence-electron chi connectivity index (χ3n) is 5.53. The van der Waals surface area contributed by atoms with Crippen molar-refractivity contribution in [3.63, 3.8) is 0 Å². The molecule has 6 heteroatoms. The number of rotatable bonds is 4. The summed E-state index contributed by atoms with van der Waals surface area (Å²) in [6.45, 7) is 4.64. The van der Waals surface area contributed by atoms with E-state index in [0.717, 1.165) is 26.2 Å². The van der Waals surface area contributed by atoms with Crippen molar-refractivity contribution in [2.75, 3.05) is 36.0 Å². The number of benzene rings is 2. The number of Topliss-reactive ketones (excluding diaryl/α,β-unsaturated/α-hetero) is 1. The molecule has 2 aliphatic rings. The first kappa shape index (κ1) is 18.4. The molecule has 0 aliphatic carbocycles. The van der Waals surface area contributed by atoms with Gasteiger partial charge in [-0.05, 0) is 43.3 Å². The Morgan fingerprint density at radius 1 is 0.857 bits per heavy atom. The van der Waals surface area contributed by atoms with E-state index < -0.39 is 6.04 Å². The maximum Gasteiger partial charge on any atom is 0.251 e. The van der Waals surface area contributed by atoms with Crippen LogP contribution in [0.3, 0.4) is 0 Å². The van der Waals surface area contributed by atoms with E-state index in [1.54, 1.807) is 24.3 Å². The zero-order valence-electron chi connectivity index (χ0n) is 15.9. The van der Waals surface area contributed by atoms with Crippen LogP contribution in [-0.2, 0) is 9.59 Å². The van der Waals surface area contributed by atoms with Crippen molar-refractivity contribution in [3.8, 4) is 0 Å². The van der Waals surface area contributed by atoms with Gasteiger partial charge in [0.05, 0.1) is 18.2 Å². The molecule has 2 amide bonds. The van der Waals surface area contributed by atoms with E-state index in [1.807, 2.05) is 18.2 Å². The van der Waals surface area contributed by atoms with Crippen molar-refractivity contribution in [3.05, 3.63) is 60.2 Å². The van der Waals surface area contributed by atoms with Gasteiger partial charge in [0.25, 0.3) is 5.91 Å². The lowest BCUT2D eigenvalue weighted by molar-refractivity contribution is -0.123. The minimum atomic E-state index is -0.405. The van der Waals surface area contributed by atoms with E-state index in [0.29, 0.717) is 11.3 Å². The van der Waals surface area contributed by atoms with Gasteiger partial charge in [-0.1, -0.05) is 18.2 Å². The van der Waals surface area contributed by atoms with Crippen molar-refractivity contribution in [2.24, 2.45) is 0 Å². The topological polar surface area (TPSA) is 60.9 Å². The number of nitrogens with zero attached hydrogens (tertiary/aromatic N) is 3. The summed E-state index contributed by atoms with van der Waals surface area (Å²) in [5.41, 5.74) is 2.28. The van der Waals surface area contributed by atoms with Gasteiger partial charge in [-0.15, -0.1) is 0 Å². The van der Waals surface area contributed by atoms with E-state index in [1.165, 1.54) is 17.5 Å². The van der Waals surface area contributed by atoms with Crippen LogP contribution in [0.4, 0.5) is 11.4 Å². The molecule has 0 aromatic heterocycles. The molecule has 0 radical (unpaired) electrons. The largest absolute Gasteiger partial charge is 0.369 e. The van der Waals surface area contributed by atoms with Gasteiger partial charge in [0.2, 0.25) is 5.91 Å². The maximum atomic E-state index is 13.0. The number of ketones is 1. The molecule has 28 heavy (non-hydrogen) atoms. The summed E-state index contributed by atoms with van der Waals surface area (Å²) in [5.74, 6) is -0.399. The van der Waals surface area contributed by atoms with Crippen LogP contribution in [0.15, 0.2) is 54.6 Å². The SMILES string of the molecule is CC(=O)c1ccc(N2C(=O)C[C@@H](N3CCN(c4ccccc4)CC3)C2=O)cc1. The lowest BCUT2D eigenvalue weighted by atomic mass is 10.1. The molecular formula is C22H23N3O3. The highest BCUT2D eigenvalue weighted by Crippen LogP contribution is 2.27. The second-order valence-corrected chi connectivity index (χ2v) is 7.25. The second-order valence-electron chi connectivity index (χ2n) is 7.25. The highest BCUT2D eigenvalue weighted by atomic mass is 16.2. The lowest BCUT2D eigenvalue weighted by Crippen LogP contribution is -2.52. The molecule has 2 aromatic carbocycles. The Morgan fingerprint density at radius 2 is 1.50 bits per heavy atom. The van der Waals surface area contributed by atoms with E-state index >= 15 is 0 Å². The number of para-hydroxylation sites is 1. The minimum Gasteiger partial charge on any atom is -0.369 e. The van der Waals surface area contributed by atoms with Crippen LogP contribution >= 0.6 is 0 Å². The minimum absolute atomic E-state index is 0.0419. The fourth-order valence-electron chi connectivity index (χ4n) is 3.95. The van der Waals surface area contributed by atoms with Crippen LogP contribution in [0, 0.1) is 0 Å². The van der Waals surface area contributed by atoms with Gasteiger partial charge in [-0.3, -0.25) is 19.3 Å². The van der Waals surface area contributed by atoms with Crippen molar-refractivity contribution in [1.82, 2.24) is 4.90 Å². The summed E-state index contributed by atoms with van der Waals surface area (Å²) < 4.78 is 0. The Hall–Kier alpha value is -2.99. The number of carbonyl (C=O) groups is 3. The predicted octanol–water partition coefficient (Wildman–Crippen LogP) is 2.34. The van der Waals surface area contributed by atoms with E-state index in [-0.39, 0.29) is 24.0 Å². The molecule has 2 aliphatic heterocycles. The molecule has 0 unspecified atom stereocenters. The zero-order chi connectivity index (χ0) is 19.7. The van der Waals surface area contributed by atoms with Crippen molar-refractivity contribution in [2.45, 2.75) is 19.4 Å². The lowest BCUT2D eigenvalue weighted by Gasteiger charge is -2.38. The summed E-state index contributed by atoms with van der Waals surface area (Å²) >= 11 is 0. The third kappa shape index (κ3) is 3.43. The number of imide groups is 1. The third-order valence-corrected chi connectivity index (χ3v) is 5.53. The van der Waals surface area contributed by atoms with Crippen LogP contribution in [0.5, 0.6) is 0 Å². The predicted molar refractivity (Wildman–Crippen MR) is 108 cm³/mol. The van der Waals surface area contributed by atoms with E-state index in [4.69, 9.17) is 0 Å². The highest BCUT2D eigenvalue weighted by Gasteiger charge is 2.43. The van der Waals surface area contributed by atoms with Crippen molar-refractivity contribution in [1.29, 1.82) is 0 Å². The average Bonchev–Trinajstić information content (AvgIpc) is 3.03. The summed E-state index contributed by atoms with van der Waals surface area (Å²) in [4.78, 5) is 42.6. The number of anilines is 2. The van der Waals surface area contributed by atoms with Gasteiger partial charge in [-0.25, -0.2) is 4.90 Å². The number of hydrogen-bond donors (Lipinski definition) is 0. The fraction of sp³-hybridized carbons (Fsp3) is 0.318. The first-order chi connectivity index (χ1) is 13.5. The monoisotopic (exact) mass is 377 g/mol. The number of amides is 2. The van der Waals surface area contributed by atoms with Crippen LogP contribution < -0.4 is 9.80 Å². The first-order valence-electron chi connectivity index (χ1n) is 9.56. The standard InChI is InChI=1S/C22H23N3O3/c1-16(26)17-7-9-19(10-8-17)25-21(27)15-20(22(25)28)24-13-11-23(12-14-24)18-5-3-2-4-6-18/h2-10,20H,11-15H2,1H3/t20-/m1/s1. The molecule has 2 heterocycles. The number of carbonyl (C=O) groups excluding carboxylic acids is 3. The molecule has 1 atom stereocenters. The number of piperazine rings is 1. The smallest absolute Gasteiger partial charge is 0.251 e. The van der Waals surface area contributed by atoms with Gasteiger partial charge in [0, 0.05) is 37.4 Å². The summed E-state index contributed by atoms with van der Waals surface area (Å²) in [6, 6.07) is 16.5. The summed E-state index contributed by atoms with van der Waals surface area (Å²) in [5, 5.41) is 0. The first-order valence-corrected chi connectivity index (χ1v) is 9.56. The zero-order valence-corrected chi connectivity index (χ0v) is 15.9. The molecular weight excluding hydrogens is 354 g/mol. The Kier molecular flexibility index (Phi) is 4.96. The Labute approximate surface area is 164 Å². The molecule has 0 N–H and O–H groups in total. The Morgan fingerprint density at radius 3 is 2.11 bits per heavy atom. The molecule has 6 nitrogen and oxygen atoms in total. The van der Waals surface area contributed by atoms with Crippen LogP contribution in [0.1, 0.15) is 23.7 Å². The molecule has 2 aromatic rings. The highest BCUT2D eigenvalue weighted by molar-refractivity contribution is 6.22. The molecule has 0 bridgehead atoms. The second kappa shape index (κ2) is 7.56. The molecule has 144 valence electrons. The quantitative estimate of drug-likeness (QED) is 0.605. The van der Waals surface area contributed by atoms with Gasteiger partial charge >= 0.3 is 0 Å². The van der Waals surface area contributed by atoms with Gasteiger partial charge in [-0.2, -0.15) is 0 Å². The molecule has 4 rings (SSSR count). The van der Waals surface area contributed by atoms with E-state index in [9.17, 15) is 14.4 Å². The fourth-order valence-corrected chi connectivity index (χ4v) is 3.95. The normalized spacial score (nSPS) is 20.7. The molecule has 0 spiro atoms. The maximum absolute atomic E-state index is 13.0. The van der Waals surface area contributed by atoms with Gasteiger partial charge < -0.3 is 4.90 Å². The van der Waals surface area contributed by atoms with Gasteiger partial charge in [0.1, 0.15) is 0 Å². The Balaban J connectivity index is 1.44. The molecule has 0 saturated carbocycles. The average molecular weight is 377 g/mol.